The molecule has 0 fully saturated rings. The summed E-state index contributed by atoms with van der Waals surface area (Å²) in [7, 11) is 2.80. The molecule has 1 nitrogen and oxygen atoms in total. The van der Waals surface area contributed by atoms with Gasteiger partial charge in [-0.3, -0.25) is 4.98 Å². The molecular formula is C18H28NP. The SMILES string of the molecule is C=CCCCC(C)CCc1cnc(C)c(/C(P)=C\C)c1. The van der Waals surface area contributed by atoms with Crippen molar-refractivity contribution >= 4 is 14.6 Å². The largest absolute Gasteiger partial charge is 0.261 e. The summed E-state index contributed by atoms with van der Waals surface area (Å²) in [6, 6.07) is 2.29. The first kappa shape index (κ1) is 17.1. The summed E-state index contributed by atoms with van der Waals surface area (Å²) in [5, 5.41) is 1.23. The molecule has 0 amide bonds. The number of unbranched alkanes of at least 4 members (excludes halogenated alkanes) is 1. The standard InChI is InChI=1S/C18H28NP/c1-5-7-8-9-14(3)10-11-16-12-17(18(20)6-2)15(4)19-13-16/h5-6,12-14H,1,7-11,20H2,2-4H3/b18-6+. The second-order valence-corrected chi connectivity index (χ2v) is 6.21. The van der Waals surface area contributed by atoms with Crippen LogP contribution >= 0.6 is 9.24 Å². The molecule has 1 rings (SSSR count). The Morgan fingerprint density at radius 2 is 2.20 bits per heavy atom. The van der Waals surface area contributed by atoms with Crippen LogP contribution in [0.4, 0.5) is 0 Å². The van der Waals surface area contributed by atoms with Crippen LogP contribution in [0, 0.1) is 12.8 Å². The van der Waals surface area contributed by atoms with Crippen LogP contribution in [0.2, 0.25) is 0 Å². The second kappa shape index (κ2) is 9.08. The van der Waals surface area contributed by atoms with E-state index in [-0.39, 0.29) is 0 Å². The van der Waals surface area contributed by atoms with Gasteiger partial charge in [-0.25, -0.2) is 0 Å². The van der Waals surface area contributed by atoms with Gasteiger partial charge in [0, 0.05) is 17.5 Å². The van der Waals surface area contributed by atoms with E-state index in [0.29, 0.717) is 0 Å². The zero-order valence-electron chi connectivity index (χ0n) is 13.2. The van der Waals surface area contributed by atoms with E-state index in [1.165, 1.54) is 35.7 Å². The topological polar surface area (TPSA) is 12.9 Å². The molecule has 0 N–H and O–H groups in total. The van der Waals surface area contributed by atoms with E-state index in [2.05, 4.69) is 53.7 Å². The maximum atomic E-state index is 4.53. The highest BCUT2D eigenvalue weighted by Gasteiger charge is 2.06. The second-order valence-electron chi connectivity index (χ2n) is 5.58. The van der Waals surface area contributed by atoms with Gasteiger partial charge in [0.25, 0.3) is 0 Å². The Hall–Kier alpha value is -0.940. The number of aromatic nitrogens is 1. The third-order valence-electron chi connectivity index (χ3n) is 3.80. The van der Waals surface area contributed by atoms with Gasteiger partial charge in [0.1, 0.15) is 0 Å². The predicted octanol–water partition coefficient (Wildman–Crippen LogP) is 5.55. The van der Waals surface area contributed by atoms with Gasteiger partial charge in [-0.15, -0.1) is 15.8 Å². The maximum absolute atomic E-state index is 4.53. The van der Waals surface area contributed by atoms with E-state index >= 15 is 0 Å². The van der Waals surface area contributed by atoms with Crippen LogP contribution < -0.4 is 0 Å². The van der Waals surface area contributed by atoms with Crippen molar-refractivity contribution in [1.29, 1.82) is 0 Å². The van der Waals surface area contributed by atoms with Crippen LogP contribution in [0.1, 0.15) is 56.4 Å². The fraction of sp³-hybridized carbons (Fsp3) is 0.500. The van der Waals surface area contributed by atoms with Gasteiger partial charge in [-0.2, -0.15) is 0 Å². The predicted molar refractivity (Wildman–Crippen MR) is 93.9 cm³/mol. The third kappa shape index (κ3) is 5.59. The lowest BCUT2D eigenvalue weighted by atomic mass is 9.96. The van der Waals surface area contributed by atoms with E-state index in [1.54, 1.807) is 0 Å². The lowest BCUT2D eigenvalue weighted by Crippen LogP contribution is -1.99. The molecule has 2 heteroatoms. The fourth-order valence-corrected chi connectivity index (χ4v) is 2.62. The highest BCUT2D eigenvalue weighted by molar-refractivity contribution is 7.31. The van der Waals surface area contributed by atoms with Crippen molar-refractivity contribution in [2.75, 3.05) is 0 Å². The van der Waals surface area contributed by atoms with Gasteiger partial charge in [0.15, 0.2) is 0 Å². The monoisotopic (exact) mass is 289 g/mol. The molecule has 0 saturated heterocycles. The molecule has 2 unspecified atom stereocenters. The maximum Gasteiger partial charge on any atom is 0.0451 e. The van der Waals surface area contributed by atoms with Crippen LogP contribution in [-0.4, -0.2) is 4.98 Å². The molecule has 20 heavy (non-hydrogen) atoms. The zero-order chi connectivity index (χ0) is 15.0. The lowest BCUT2D eigenvalue weighted by molar-refractivity contribution is 0.477. The first-order valence-corrected chi connectivity index (χ1v) is 8.14. The fourth-order valence-electron chi connectivity index (χ4n) is 2.33. The summed E-state index contributed by atoms with van der Waals surface area (Å²) in [5.41, 5.74) is 3.72. The first-order chi connectivity index (χ1) is 9.58. The summed E-state index contributed by atoms with van der Waals surface area (Å²) in [5.74, 6) is 0.775. The Morgan fingerprint density at radius 3 is 2.85 bits per heavy atom. The molecule has 0 aromatic carbocycles. The number of allylic oxidation sites excluding steroid dienone is 2. The Balaban J connectivity index is 2.58. The summed E-state index contributed by atoms with van der Waals surface area (Å²) in [6.45, 7) is 10.3. The van der Waals surface area contributed by atoms with Gasteiger partial charge in [-0.05, 0) is 62.4 Å². The molecule has 110 valence electrons. The highest BCUT2D eigenvalue weighted by Crippen LogP contribution is 2.25. The molecule has 0 aliphatic rings. The van der Waals surface area contributed by atoms with Gasteiger partial charge in [0.05, 0.1) is 0 Å². The summed E-state index contributed by atoms with van der Waals surface area (Å²) in [6.07, 6.45) is 12.2. The Kier molecular flexibility index (Phi) is 7.77. The average Bonchev–Trinajstić information content (AvgIpc) is 2.46. The van der Waals surface area contributed by atoms with Crippen LogP contribution in [0.5, 0.6) is 0 Å². The normalized spacial score (nSPS) is 13.3. The van der Waals surface area contributed by atoms with Crippen molar-refractivity contribution in [3.05, 3.63) is 47.8 Å². The summed E-state index contributed by atoms with van der Waals surface area (Å²) < 4.78 is 0. The molecular weight excluding hydrogens is 261 g/mol. The molecule has 2 atom stereocenters. The van der Waals surface area contributed by atoms with Gasteiger partial charge < -0.3 is 0 Å². The number of pyridine rings is 1. The summed E-state index contributed by atoms with van der Waals surface area (Å²) in [4.78, 5) is 4.53. The van der Waals surface area contributed by atoms with Gasteiger partial charge in [0.2, 0.25) is 0 Å². The molecule has 1 heterocycles. The quantitative estimate of drug-likeness (QED) is 0.347. The molecule has 0 spiro atoms. The first-order valence-electron chi connectivity index (χ1n) is 7.57. The van der Waals surface area contributed by atoms with Crippen molar-refractivity contribution in [2.45, 2.75) is 52.9 Å². The Labute approximate surface area is 126 Å². The highest BCUT2D eigenvalue weighted by atomic mass is 31.0. The van der Waals surface area contributed by atoms with Crippen molar-refractivity contribution in [3.63, 3.8) is 0 Å². The Bertz CT molecular complexity index is 462. The molecule has 0 aliphatic carbocycles. The van der Waals surface area contributed by atoms with Crippen LogP contribution in [0.3, 0.4) is 0 Å². The number of hydrogen-bond acceptors (Lipinski definition) is 1. The number of rotatable bonds is 8. The zero-order valence-corrected chi connectivity index (χ0v) is 14.3. The minimum absolute atomic E-state index is 0.775. The number of hydrogen-bond donors (Lipinski definition) is 0. The molecule has 0 bridgehead atoms. The van der Waals surface area contributed by atoms with E-state index in [1.807, 2.05) is 12.3 Å². The van der Waals surface area contributed by atoms with Gasteiger partial charge in [-0.1, -0.05) is 25.5 Å². The minimum Gasteiger partial charge on any atom is -0.261 e. The van der Waals surface area contributed by atoms with E-state index in [4.69, 9.17) is 0 Å². The average molecular weight is 289 g/mol. The van der Waals surface area contributed by atoms with Crippen molar-refractivity contribution in [3.8, 4) is 0 Å². The summed E-state index contributed by atoms with van der Waals surface area (Å²) >= 11 is 0. The molecule has 0 aliphatic heterocycles. The van der Waals surface area contributed by atoms with Gasteiger partial charge >= 0.3 is 0 Å². The Morgan fingerprint density at radius 1 is 1.45 bits per heavy atom. The van der Waals surface area contributed by atoms with E-state index in [0.717, 1.165) is 24.5 Å². The van der Waals surface area contributed by atoms with Crippen LogP contribution in [-0.2, 0) is 6.42 Å². The molecule has 0 radical (unpaired) electrons. The third-order valence-corrected chi connectivity index (χ3v) is 4.44. The molecule has 1 aromatic heterocycles. The number of nitrogens with zero attached hydrogens (tertiary/aromatic N) is 1. The van der Waals surface area contributed by atoms with Crippen LogP contribution in [0.25, 0.3) is 5.31 Å². The minimum atomic E-state index is 0.775. The van der Waals surface area contributed by atoms with Crippen molar-refractivity contribution in [2.24, 2.45) is 5.92 Å². The lowest BCUT2D eigenvalue weighted by Gasteiger charge is -2.12. The van der Waals surface area contributed by atoms with Crippen molar-refractivity contribution in [1.82, 2.24) is 4.98 Å². The number of aryl methyl sites for hydroxylation is 2. The molecule has 0 saturated carbocycles. The smallest absolute Gasteiger partial charge is 0.0451 e. The molecule has 1 aromatic rings. The van der Waals surface area contributed by atoms with Crippen LogP contribution in [0.15, 0.2) is 31.0 Å². The van der Waals surface area contributed by atoms with Crippen molar-refractivity contribution < 1.29 is 0 Å². The van der Waals surface area contributed by atoms with E-state index in [9.17, 15) is 0 Å². The van der Waals surface area contributed by atoms with E-state index < -0.39 is 0 Å².